The van der Waals surface area contributed by atoms with Crippen LogP contribution in [0.3, 0.4) is 0 Å². The van der Waals surface area contributed by atoms with E-state index < -0.39 is 0 Å². The first kappa shape index (κ1) is 35.4. The lowest BCUT2D eigenvalue weighted by molar-refractivity contribution is 0.151. The second-order valence-corrected chi connectivity index (χ2v) is 13.7. The molecular formula is C40H58O2. The molecule has 1 N–H and O–H groups in total. The Morgan fingerprint density at radius 2 is 1.19 bits per heavy atom. The number of hydrogen-bond acceptors (Lipinski definition) is 2. The van der Waals surface area contributed by atoms with E-state index in [1.807, 2.05) is 25.2 Å². The first-order valence-electron chi connectivity index (χ1n) is 15.8. The summed E-state index contributed by atoms with van der Waals surface area (Å²) in [7, 11) is 0. The molecule has 0 bridgehead atoms. The highest BCUT2D eigenvalue weighted by Crippen LogP contribution is 2.41. The Morgan fingerprint density at radius 3 is 1.67 bits per heavy atom. The first-order valence-corrected chi connectivity index (χ1v) is 15.8. The maximum atomic E-state index is 10.4. The molecule has 0 aromatic rings. The van der Waals surface area contributed by atoms with E-state index >= 15 is 0 Å². The quantitative estimate of drug-likeness (QED) is 0.144. The topological polar surface area (TPSA) is 29.5 Å². The second-order valence-electron chi connectivity index (χ2n) is 13.7. The van der Waals surface area contributed by atoms with E-state index in [0.717, 1.165) is 11.1 Å². The summed E-state index contributed by atoms with van der Waals surface area (Å²) in [6, 6.07) is 0. The Labute approximate surface area is 258 Å². The average Bonchev–Trinajstić information content (AvgIpc) is 2.89. The Kier molecular flexibility index (Phi) is 14.1. The van der Waals surface area contributed by atoms with Crippen LogP contribution < -0.4 is 0 Å². The molecule has 0 amide bonds. The molecule has 0 atom stereocenters. The predicted molar refractivity (Wildman–Crippen MR) is 185 cm³/mol. The third-order valence-electron chi connectivity index (χ3n) is 8.75. The van der Waals surface area contributed by atoms with Gasteiger partial charge in [-0.25, -0.2) is 0 Å². The van der Waals surface area contributed by atoms with Crippen molar-refractivity contribution in [1.29, 1.82) is 0 Å². The summed E-state index contributed by atoms with van der Waals surface area (Å²) < 4.78 is 5.70. The van der Waals surface area contributed by atoms with Crippen molar-refractivity contribution in [2.24, 2.45) is 10.8 Å². The molecule has 0 spiro atoms. The van der Waals surface area contributed by atoms with Gasteiger partial charge in [0.1, 0.15) is 12.4 Å². The van der Waals surface area contributed by atoms with E-state index in [9.17, 15) is 5.11 Å². The fraction of sp³-hybridized carbons (Fsp3) is 0.500. The minimum absolute atomic E-state index is 0.199. The van der Waals surface area contributed by atoms with Crippen LogP contribution in [0, 0.1) is 10.8 Å². The van der Waals surface area contributed by atoms with Gasteiger partial charge in [-0.2, -0.15) is 0 Å². The van der Waals surface area contributed by atoms with Crippen LogP contribution in [-0.2, 0) is 4.74 Å². The van der Waals surface area contributed by atoms with E-state index in [0.29, 0.717) is 6.61 Å². The van der Waals surface area contributed by atoms with Gasteiger partial charge >= 0.3 is 0 Å². The predicted octanol–water partition coefficient (Wildman–Crippen LogP) is 12.0. The summed E-state index contributed by atoms with van der Waals surface area (Å²) in [6.07, 6.45) is 30.9. The normalized spacial score (nSPS) is 21.5. The monoisotopic (exact) mass is 570 g/mol. The Morgan fingerprint density at radius 1 is 0.714 bits per heavy atom. The minimum Gasteiger partial charge on any atom is -0.510 e. The van der Waals surface area contributed by atoms with E-state index in [-0.39, 0.29) is 23.2 Å². The SMILES string of the molecule is CC1=C(/C=C/C(C)=C/C=C/C(C)=C/COC\C(O)=C(C)/C=C/C=C(C)/C=C/C2=C(C)CCCC2(C)C)C(C)(C)CCC1. The molecule has 0 aliphatic heterocycles. The van der Waals surface area contributed by atoms with Gasteiger partial charge in [0, 0.05) is 0 Å². The summed E-state index contributed by atoms with van der Waals surface area (Å²) in [5.74, 6) is 0.260. The van der Waals surface area contributed by atoms with Gasteiger partial charge in [-0.15, -0.1) is 0 Å². The van der Waals surface area contributed by atoms with Crippen LogP contribution in [0.5, 0.6) is 0 Å². The molecule has 230 valence electrons. The smallest absolute Gasteiger partial charge is 0.121 e. The van der Waals surface area contributed by atoms with Crippen molar-refractivity contribution in [2.45, 2.75) is 108 Å². The molecule has 0 radical (unpaired) electrons. The molecule has 2 heteroatoms. The number of allylic oxidation sites excluding steroid dienone is 18. The van der Waals surface area contributed by atoms with Gasteiger partial charge in [0.15, 0.2) is 0 Å². The van der Waals surface area contributed by atoms with Crippen molar-refractivity contribution < 1.29 is 9.84 Å². The molecule has 2 aliphatic rings. The van der Waals surface area contributed by atoms with Crippen LogP contribution in [0.2, 0.25) is 0 Å². The third kappa shape index (κ3) is 11.8. The number of hydrogen-bond donors (Lipinski definition) is 1. The van der Waals surface area contributed by atoms with Gasteiger partial charge in [0.2, 0.25) is 0 Å². The number of rotatable bonds is 12. The Balaban J connectivity index is 1.83. The largest absolute Gasteiger partial charge is 0.510 e. The Bertz CT molecular complexity index is 1240. The molecule has 0 aromatic carbocycles. The van der Waals surface area contributed by atoms with Gasteiger partial charge in [-0.3, -0.25) is 0 Å². The highest BCUT2D eigenvalue weighted by Gasteiger charge is 2.27. The molecule has 0 fully saturated rings. The fourth-order valence-corrected chi connectivity index (χ4v) is 5.88. The number of ether oxygens (including phenoxy) is 1. The van der Waals surface area contributed by atoms with Gasteiger partial charge < -0.3 is 9.84 Å². The second kappa shape index (κ2) is 16.7. The van der Waals surface area contributed by atoms with Gasteiger partial charge in [-0.05, 0) is 108 Å². The van der Waals surface area contributed by atoms with E-state index in [4.69, 9.17) is 4.74 Å². The molecule has 2 aliphatic carbocycles. The lowest BCUT2D eigenvalue weighted by Crippen LogP contribution is -2.19. The summed E-state index contributed by atoms with van der Waals surface area (Å²) in [5, 5.41) is 10.4. The van der Waals surface area contributed by atoms with E-state index in [2.05, 4.69) is 111 Å². The van der Waals surface area contributed by atoms with Crippen molar-refractivity contribution in [3.63, 3.8) is 0 Å². The Hall–Kier alpha value is -2.84. The van der Waals surface area contributed by atoms with Crippen molar-refractivity contribution >= 4 is 0 Å². The standard InChI is InChI=1S/C40H58O2/c1-30(21-23-36-33(4)19-13-26-39(36,7)8)15-11-16-32(3)25-28-42-29-38(41)35(6)18-12-17-31(2)22-24-37-34(5)20-14-27-40(37,9)10/h11-12,15-18,21-25,41H,13-14,19-20,26-29H2,1-10H3/b16-11+,18-12+,23-21+,24-22+,30-15+,31-17+,32-25+,38-35+. The first-order chi connectivity index (χ1) is 19.7. The lowest BCUT2D eigenvalue weighted by atomic mass is 9.72. The van der Waals surface area contributed by atoms with Crippen LogP contribution in [0.25, 0.3) is 0 Å². The van der Waals surface area contributed by atoms with Crippen LogP contribution in [-0.4, -0.2) is 18.3 Å². The molecule has 0 saturated heterocycles. The summed E-state index contributed by atoms with van der Waals surface area (Å²) in [5.41, 5.74) is 10.9. The highest BCUT2D eigenvalue weighted by atomic mass is 16.5. The maximum absolute atomic E-state index is 10.4. The summed E-state index contributed by atoms with van der Waals surface area (Å²) in [6.45, 7) is 22.8. The molecule has 2 nitrogen and oxygen atoms in total. The van der Waals surface area contributed by atoms with Crippen LogP contribution in [0.15, 0.2) is 117 Å². The molecule has 2 rings (SSSR count). The van der Waals surface area contributed by atoms with Gasteiger partial charge in [0.25, 0.3) is 0 Å². The zero-order chi connectivity index (χ0) is 31.3. The van der Waals surface area contributed by atoms with Gasteiger partial charge in [0.05, 0.1) is 6.61 Å². The van der Waals surface area contributed by atoms with Crippen molar-refractivity contribution in [3.05, 3.63) is 117 Å². The summed E-state index contributed by atoms with van der Waals surface area (Å²) in [4.78, 5) is 0. The minimum atomic E-state index is 0.199. The number of aliphatic hydroxyl groups is 1. The zero-order valence-electron chi connectivity index (χ0n) is 28.4. The van der Waals surface area contributed by atoms with Crippen LogP contribution in [0.1, 0.15) is 108 Å². The highest BCUT2D eigenvalue weighted by molar-refractivity contribution is 5.38. The number of aliphatic hydroxyl groups excluding tert-OH is 1. The van der Waals surface area contributed by atoms with Crippen molar-refractivity contribution in [1.82, 2.24) is 0 Å². The fourth-order valence-electron chi connectivity index (χ4n) is 5.88. The zero-order valence-corrected chi connectivity index (χ0v) is 28.4. The molecule has 0 saturated carbocycles. The van der Waals surface area contributed by atoms with Crippen LogP contribution >= 0.6 is 0 Å². The van der Waals surface area contributed by atoms with E-state index in [1.54, 1.807) is 0 Å². The average molecular weight is 571 g/mol. The molecule has 0 aromatic heterocycles. The summed E-state index contributed by atoms with van der Waals surface area (Å²) >= 11 is 0. The van der Waals surface area contributed by atoms with Crippen molar-refractivity contribution in [3.8, 4) is 0 Å². The maximum Gasteiger partial charge on any atom is 0.121 e. The molecule has 0 heterocycles. The molecule has 42 heavy (non-hydrogen) atoms. The van der Waals surface area contributed by atoms with Crippen LogP contribution in [0.4, 0.5) is 0 Å². The molecular weight excluding hydrogens is 512 g/mol. The molecule has 0 unspecified atom stereocenters. The van der Waals surface area contributed by atoms with Gasteiger partial charge in [-0.1, -0.05) is 122 Å². The van der Waals surface area contributed by atoms with E-state index in [1.165, 1.54) is 72.0 Å². The lowest BCUT2D eigenvalue weighted by Gasteiger charge is -2.33. The van der Waals surface area contributed by atoms with Crippen molar-refractivity contribution in [2.75, 3.05) is 13.2 Å². The third-order valence-corrected chi connectivity index (χ3v) is 8.75.